The number of amides is 1. The van der Waals surface area contributed by atoms with Crippen LogP contribution in [0.25, 0.3) is 11.1 Å². The Morgan fingerprint density at radius 1 is 1.09 bits per heavy atom. The second-order valence-electron chi connectivity index (χ2n) is 8.30. The second kappa shape index (κ2) is 10.0. The van der Waals surface area contributed by atoms with Crippen LogP contribution in [0.1, 0.15) is 32.3 Å². The van der Waals surface area contributed by atoms with Gasteiger partial charge in [-0.25, -0.2) is 4.79 Å². The van der Waals surface area contributed by atoms with E-state index in [4.69, 9.17) is 14.2 Å². The third-order valence-electron chi connectivity index (χ3n) is 6.08. The van der Waals surface area contributed by atoms with Crippen LogP contribution in [0.4, 0.5) is 0 Å². The molecule has 7 heteroatoms. The summed E-state index contributed by atoms with van der Waals surface area (Å²) < 4.78 is 16.7. The van der Waals surface area contributed by atoms with Gasteiger partial charge in [0.2, 0.25) is 0 Å². The van der Waals surface area contributed by atoms with Crippen LogP contribution in [0.5, 0.6) is 11.5 Å². The molecule has 1 aliphatic heterocycles. The molecule has 0 radical (unpaired) electrons. The van der Waals surface area contributed by atoms with Gasteiger partial charge >= 0.3 is 5.97 Å². The lowest BCUT2D eigenvalue weighted by molar-refractivity contribution is -0.151. The summed E-state index contributed by atoms with van der Waals surface area (Å²) in [5.41, 5.74) is 1.54. The topological polar surface area (TPSA) is 94.1 Å². The van der Waals surface area contributed by atoms with Crippen LogP contribution in [0.3, 0.4) is 0 Å². The van der Waals surface area contributed by atoms with E-state index in [1.165, 1.54) is 0 Å². The Morgan fingerprint density at radius 2 is 1.72 bits per heavy atom. The van der Waals surface area contributed by atoms with E-state index in [1.54, 1.807) is 14.2 Å². The van der Waals surface area contributed by atoms with E-state index >= 15 is 0 Å². The van der Waals surface area contributed by atoms with Gasteiger partial charge in [-0.3, -0.25) is 4.79 Å². The first-order valence-corrected chi connectivity index (χ1v) is 10.8. The molecule has 2 N–H and O–H groups in total. The Hall–Kier alpha value is -3.06. The van der Waals surface area contributed by atoms with E-state index < -0.39 is 17.6 Å². The fourth-order valence-corrected chi connectivity index (χ4v) is 4.22. The quantitative estimate of drug-likeness (QED) is 0.616. The molecule has 3 rings (SSSR count). The van der Waals surface area contributed by atoms with Crippen LogP contribution in [-0.4, -0.2) is 49.5 Å². The number of benzene rings is 2. The summed E-state index contributed by atoms with van der Waals surface area (Å²) in [5, 5.41) is 12.4. The summed E-state index contributed by atoms with van der Waals surface area (Å²) in [6, 6.07) is 12.0. The summed E-state index contributed by atoms with van der Waals surface area (Å²) in [6.07, 6.45) is 1.55. The minimum Gasteiger partial charge on any atom is -0.496 e. The number of carbonyl (C=O) groups is 2. The molecule has 1 saturated heterocycles. The molecule has 1 fully saturated rings. The molecule has 1 unspecified atom stereocenters. The first-order chi connectivity index (χ1) is 15.3. The Bertz CT molecular complexity index is 925. The molecule has 172 valence electrons. The molecule has 7 nitrogen and oxygen atoms in total. The SMILES string of the molecule is COc1cccc(OC)c1-c1ccc(C[C@H](NC(=O)C2(C(C)C)CCCO2)C(=O)O)cc1. The third kappa shape index (κ3) is 4.72. The van der Waals surface area contributed by atoms with Gasteiger partial charge in [-0.15, -0.1) is 0 Å². The van der Waals surface area contributed by atoms with Crippen molar-refractivity contribution in [1.29, 1.82) is 0 Å². The fraction of sp³-hybridized carbons (Fsp3) is 0.440. The van der Waals surface area contributed by atoms with Crippen molar-refractivity contribution in [2.75, 3.05) is 20.8 Å². The van der Waals surface area contributed by atoms with Gasteiger partial charge in [-0.2, -0.15) is 0 Å². The first-order valence-electron chi connectivity index (χ1n) is 10.8. The zero-order valence-electron chi connectivity index (χ0n) is 19.0. The monoisotopic (exact) mass is 441 g/mol. The highest BCUT2D eigenvalue weighted by Gasteiger charge is 2.46. The number of hydrogen-bond donors (Lipinski definition) is 2. The highest BCUT2D eigenvalue weighted by Crippen LogP contribution is 2.38. The molecule has 2 aromatic rings. The Kier molecular flexibility index (Phi) is 7.40. The smallest absolute Gasteiger partial charge is 0.326 e. The lowest BCUT2D eigenvalue weighted by atomic mass is 9.86. The molecule has 1 amide bonds. The van der Waals surface area contributed by atoms with Gasteiger partial charge < -0.3 is 24.6 Å². The average molecular weight is 442 g/mol. The van der Waals surface area contributed by atoms with Crippen LogP contribution >= 0.6 is 0 Å². The number of hydrogen-bond acceptors (Lipinski definition) is 5. The standard InChI is InChI=1S/C25H31NO6/c1-16(2)25(13-6-14-32-25)24(29)26-19(23(27)28)15-17-9-11-18(12-10-17)22-20(30-3)7-5-8-21(22)31-4/h5,7-12,16,19H,6,13-15H2,1-4H3,(H,26,29)(H,27,28)/t19-,25?/m0/s1. The van der Waals surface area contributed by atoms with Gasteiger partial charge in [0.1, 0.15) is 23.1 Å². The summed E-state index contributed by atoms with van der Waals surface area (Å²) in [4.78, 5) is 24.9. The zero-order valence-corrected chi connectivity index (χ0v) is 19.0. The highest BCUT2D eigenvalue weighted by atomic mass is 16.5. The van der Waals surface area contributed by atoms with E-state index in [0.29, 0.717) is 24.5 Å². The molecule has 2 atom stereocenters. The largest absolute Gasteiger partial charge is 0.496 e. The van der Waals surface area contributed by atoms with Gasteiger partial charge in [0.15, 0.2) is 0 Å². The molecule has 0 saturated carbocycles. The van der Waals surface area contributed by atoms with Crippen molar-refractivity contribution >= 4 is 11.9 Å². The maximum atomic E-state index is 13.0. The molecule has 1 aliphatic rings. The van der Waals surface area contributed by atoms with Crippen molar-refractivity contribution in [3.05, 3.63) is 48.0 Å². The Morgan fingerprint density at radius 3 is 2.19 bits per heavy atom. The van der Waals surface area contributed by atoms with Crippen molar-refractivity contribution in [3.63, 3.8) is 0 Å². The number of carboxylic acids is 1. The molecular formula is C25H31NO6. The van der Waals surface area contributed by atoms with Crippen molar-refractivity contribution in [1.82, 2.24) is 5.32 Å². The summed E-state index contributed by atoms with van der Waals surface area (Å²) >= 11 is 0. The molecule has 32 heavy (non-hydrogen) atoms. The number of ether oxygens (including phenoxy) is 3. The lowest BCUT2D eigenvalue weighted by Gasteiger charge is -2.32. The van der Waals surface area contributed by atoms with Crippen molar-refractivity contribution in [3.8, 4) is 22.6 Å². The molecule has 0 aromatic heterocycles. The predicted octanol–water partition coefficient (Wildman–Crippen LogP) is 3.69. The predicted molar refractivity (Wildman–Crippen MR) is 121 cm³/mol. The van der Waals surface area contributed by atoms with Crippen molar-refractivity contribution in [2.24, 2.45) is 5.92 Å². The minimum atomic E-state index is -1.08. The third-order valence-corrected chi connectivity index (χ3v) is 6.08. The van der Waals surface area contributed by atoms with Crippen LogP contribution in [0.15, 0.2) is 42.5 Å². The van der Waals surface area contributed by atoms with Gasteiger partial charge in [-0.1, -0.05) is 44.2 Å². The number of methoxy groups -OCH3 is 2. The van der Waals surface area contributed by atoms with Gasteiger partial charge in [-0.05, 0) is 42.0 Å². The first kappa shape index (κ1) is 23.6. The number of aliphatic carboxylic acids is 1. The summed E-state index contributed by atoms with van der Waals surface area (Å²) in [5.74, 6) is -0.111. The van der Waals surface area contributed by atoms with Crippen molar-refractivity contribution < 1.29 is 28.9 Å². The summed E-state index contributed by atoms with van der Waals surface area (Å²) in [7, 11) is 3.20. The Balaban J connectivity index is 1.79. The summed E-state index contributed by atoms with van der Waals surface area (Å²) in [6.45, 7) is 4.36. The maximum Gasteiger partial charge on any atom is 0.326 e. The van der Waals surface area contributed by atoms with Crippen LogP contribution < -0.4 is 14.8 Å². The van der Waals surface area contributed by atoms with Crippen molar-refractivity contribution in [2.45, 2.75) is 44.8 Å². The number of carbonyl (C=O) groups excluding carboxylic acids is 1. The van der Waals surface area contributed by atoms with Gasteiger partial charge in [0.05, 0.1) is 19.8 Å². The van der Waals surface area contributed by atoms with E-state index in [2.05, 4.69) is 5.32 Å². The van der Waals surface area contributed by atoms with E-state index in [1.807, 2.05) is 56.3 Å². The second-order valence-corrected chi connectivity index (χ2v) is 8.30. The molecular weight excluding hydrogens is 410 g/mol. The lowest BCUT2D eigenvalue weighted by Crippen LogP contribution is -2.55. The molecule has 1 heterocycles. The normalized spacial score (nSPS) is 18.9. The number of nitrogens with one attached hydrogen (secondary N) is 1. The fourth-order valence-electron chi connectivity index (χ4n) is 4.22. The minimum absolute atomic E-state index is 0.0467. The van der Waals surface area contributed by atoms with Gasteiger partial charge in [0, 0.05) is 13.0 Å². The van der Waals surface area contributed by atoms with E-state index in [0.717, 1.165) is 23.1 Å². The Labute approximate surface area is 188 Å². The highest BCUT2D eigenvalue weighted by molar-refractivity contribution is 5.90. The van der Waals surface area contributed by atoms with Gasteiger partial charge in [0.25, 0.3) is 5.91 Å². The molecule has 0 aliphatic carbocycles. The molecule has 0 bridgehead atoms. The number of rotatable bonds is 9. The molecule has 0 spiro atoms. The van der Waals surface area contributed by atoms with E-state index in [9.17, 15) is 14.7 Å². The van der Waals surface area contributed by atoms with Crippen LogP contribution in [0.2, 0.25) is 0 Å². The van der Waals surface area contributed by atoms with Crippen LogP contribution in [0, 0.1) is 5.92 Å². The zero-order chi connectivity index (χ0) is 23.3. The van der Waals surface area contributed by atoms with Crippen LogP contribution in [-0.2, 0) is 20.7 Å². The maximum absolute atomic E-state index is 13.0. The average Bonchev–Trinajstić information content (AvgIpc) is 3.30. The number of carboxylic acid groups (broad SMARTS) is 1. The molecule has 2 aromatic carbocycles. The van der Waals surface area contributed by atoms with E-state index in [-0.39, 0.29) is 18.2 Å².